The zero-order valence-corrected chi connectivity index (χ0v) is 15.8. The largest absolute Gasteiger partial charge is 0.476 e. The van der Waals surface area contributed by atoms with Crippen LogP contribution in [-0.4, -0.2) is 30.1 Å². The maximum Gasteiger partial charge on any atom is 0.350 e. The van der Waals surface area contributed by atoms with Gasteiger partial charge in [0.15, 0.2) is 12.2 Å². The van der Waals surface area contributed by atoms with Crippen molar-refractivity contribution >= 4 is 23.5 Å². The predicted octanol–water partition coefficient (Wildman–Crippen LogP) is 3.74. The first kappa shape index (κ1) is 19.6. The number of ether oxygens (including phenoxy) is 2. The topological polar surface area (TPSA) is 64.6 Å². The van der Waals surface area contributed by atoms with E-state index in [-0.39, 0.29) is 18.6 Å². The molecule has 0 heterocycles. The number of halogens is 1. The van der Waals surface area contributed by atoms with Crippen molar-refractivity contribution in [1.82, 2.24) is 5.32 Å². The van der Waals surface area contributed by atoms with Gasteiger partial charge in [-0.25, -0.2) is 4.79 Å². The fraction of sp³-hybridized carbons (Fsp3) is 0.579. The number of esters is 1. The summed E-state index contributed by atoms with van der Waals surface area (Å²) in [7, 11) is 0. The molecule has 1 aliphatic carbocycles. The molecular weight excluding hydrogens is 342 g/mol. The van der Waals surface area contributed by atoms with Crippen LogP contribution in [0.3, 0.4) is 0 Å². The maximum atomic E-state index is 12.2. The highest BCUT2D eigenvalue weighted by atomic mass is 35.5. The number of carbonyl (C=O) groups excluding carboxylic acids is 2. The van der Waals surface area contributed by atoms with Crippen LogP contribution in [-0.2, 0) is 14.3 Å². The molecule has 1 fully saturated rings. The zero-order chi connectivity index (χ0) is 18.4. The van der Waals surface area contributed by atoms with E-state index in [4.69, 9.17) is 21.1 Å². The molecule has 1 aromatic rings. The Kier molecular flexibility index (Phi) is 6.71. The summed E-state index contributed by atoms with van der Waals surface area (Å²) in [4.78, 5) is 24.3. The molecule has 1 aromatic carbocycles. The van der Waals surface area contributed by atoms with E-state index in [0.717, 1.165) is 19.3 Å². The Labute approximate surface area is 154 Å². The van der Waals surface area contributed by atoms with Crippen molar-refractivity contribution < 1.29 is 19.1 Å². The quantitative estimate of drug-likeness (QED) is 0.778. The average Bonchev–Trinajstić information content (AvgIpc) is 2.56. The van der Waals surface area contributed by atoms with E-state index >= 15 is 0 Å². The van der Waals surface area contributed by atoms with Gasteiger partial charge in [0.25, 0.3) is 5.91 Å². The van der Waals surface area contributed by atoms with E-state index < -0.39 is 11.6 Å². The van der Waals surface area contributed by atoms with Gasteiger partial charge in [-0.1, -0.05) is 31.4 Å². The lowest BCUT2D eigenvalue weighted by molar-refractivity contribution is -0.162. The van der Waals surface area contributed by atoms with E-state index in [9.17, 15) is 9.59 Å². The Balaban J connectivity index is 1.81. The molecule has 25 heavy (non-hydrogen) atoms. The molecule has 1 saturated carbocycles. The molecule has 1 N–H and O–H groups in total. The van der Waals surface area contributed by atoms with Gasteiger partial charge in [-0.05, 0) is 56.9 Å². The number of benzene rings is 1. The normalized spacial score (nSPS) is 20.6. The third kappa shape index (κ3) is 5.92. The van der Waals surface area contributed by atoms with E-state index in [2.05, 4.69) is 12.2 Å². The van der Waals surface area contributed by atoms with E-state index in [1.54, 1.807) is 38.1 Å². The smallest absolute Gasteiger partial charge is 0.350 e. The summed E-state index contributed by atoms with van der Waals surface area (Å²) < 4.78 is 10.8. The van der Waals surface area contributed by atoms with Crippen molar-refractivity contribution in [3.63, 3.8) is 0 Å². The second-order valence-electron chi connectivity index (χ2n) is 7.08. The Morgan fingerprint density at radius 3 is 2.48 bits per heavy atom. The molecule has 6 heteroatoms. The van der Waals surface area contributed by atoms with Crippen LogP contribution in [0.15, 0.2) is 24.3 Å². The molecule has 138 valence electrons. The fourth-order valence-corrected chi connectivity index (χ4v) is 3.05. The molecule has 2 atom stereocenters. The second kappa shape index (κ2) is 8.56. The number of hydrogen-bond acceptors (Lipinski definition) is 4. The Morgan fingerprint density at radius 2 is 1.84 bits per heavy atom. The van der Waals surface area contributed by atoms with Crippen molar-refractivity contribution in [2.24, 2.45) is 5.92 Å². The number of carbonyl (C=O) groups is 2. The second-order valence-corrected chi connectivity index (χ2v) is 7.51. The van der Waals surface area contributed by atoms with Crippen LogP contribution in [0.1, 0.15) is 46.5 Å². The average molecular weight is 368 g/mol. The molecule has 0 aromatic heterocycles. The van der Waals surface area contributed by atoms with Gasteiger partial charge in [0, 0.05) is 11.1 Å². The van der Waals surface area contributed by atoms with Crippen molar-refractivity contribution in [2.75, 3.05) is 6.61 Å². The van der Waals surface area contributed by atoms with Crippen LogP contribution >= 0.6 is 11.6 Å². The van der Waals surface area contributed by atoms with Gasteiger partial charge in [0.05, 0.1) is 0 Å². The summed E-state index contributed by atoms with van der Waals surface area (Å²) in [5.74, 6) is 0.105. The number of hydrogen-bond donors (Lipinski definition) is 1. The Hall–Kier alpha value is -1.75. The minimum Gasteiger partial charge on any atom is -0.476 e. The van der Waals surface area contributed by atoms with Gasteiger partial charge in [-0.3, -0.25) is 4.79 Å². The molecule has 0 aliphatic heterocycles. The molecule has 0 saturated heterocycles. The van der Waals surface area contributed by atoms with Crippen LogP contribution in [0, 0.1) is 5.92 Å². The summed E-state index contributed by atoms with van der Waals surface area (Å²) in [6.45, 7) is 5.05. The van der Waals surface area contributed by atoms with Crippen LogP contribution in [0.5, 0.6) is 5.75 Å². The summed E-state index contributed by atoms with van der Waals surface area (Å²) in [6, 6.07) is 6.87. The first-order valence-corrected chi connectivity index (χ1v) is 9.07. The lowest BCUT2D eigenvalue weighted by atomic mass is 9.86. The SMILES string of the molecule is C[C@@H]1CCCC[C@@H]1NC(=O)COC(=O)C(C)(C)Oc1ccc(Cl)cc1. The third-order valence-corrected chi connectivity index (χ3v) is 4.72. The summed E-state index contributed by atoms with van der Waals surface area (Å²) in [6.07, 6.45) is 4.43. The van der Waals surface area contributed by atoms with Gasteiger partial charge in [0.1, 0.15) is 5.75 Å². The van der Waals surface area contributed by atoms with Gasteiger partial charge in [-0.2, -0.15) is 0 Å². The van der Waals surface area contributed by atoms with Crippen LogP contribution < -0.4 is 10.1 Å². The Bertz CT molecular complexity index is 600. The predicted molar refractivity (Wildman–Crippen MR) is 96.7 cm³/mol. The molecule has 0 spiro atoms. The molecule has 1 aliphatic rings. The maximum absolute atomic E-state index is 12.2. The molecule has 0 unspecified atom stereocenters. The van der Waals surface area contributed by atoms with Crippen molar-refractivity contribution in [3.05, 3.63) is 29.3 Å². The van der Waals surface area contributed by atoms with Gasteiger partial charge >= 0.3 is 5.97 Å². The first-order chi connectivity index (χ1) is 11.8. The van der Waals surface area contributed by atoms with Crippen LogP contribution in [0.25, 0.3) is 0 Å². The van der Waals surface area contributed by atoms with Crippen LogP contribution in [0.2, 0.25) is 5.02 Å². The van der Waals surface area contributed by atoms with E-state index in [1.165, 1.54) is 6.42 Å². The van der Waals surface area contributed by atoms with Gasteiger partial charge in [0.2, 0.25) is 0 Å². The van der Waals surface area contributed by atoms with E-state index in [1.807, 2.05) is 0 Å². The van der Waals surface area contributed by atoms with Crippen molar-refractivity contribution in [3.8, 4) is 5.75 Å². The number of amides is 1. The lowest BCUT2D eigenvalue weighted by Gasteiger charge is -2.29. The highest BCUT2D eigenvalue weighted by Crippen LogP contribution is 2.24. The molecule has 1 amide bonds. The fourth-order valence-electron chi connectivity index (χ4n) is 2.92. The van der Waals surface area contributed by atoms with E-state index in [0.29, 0.717) is 16.7 Å². The highest BCUT2D eigenvalue weighted by molar-refractivity contribution is 6.30. The van der Waals surface area contributed by atoms with Gasteiger partial charge < -0.3 is 14.8 Å². The zero-order valence-electron chi connectivity index (χ0n) is 15.0. The third-order valence-electron chi connectivity index (χ3n) is 4.47. The molecule has 0 radical (unpaired) electrons. The van der Waals surface area contributed by atoms with Crippen LogP contribution in [0.4, 0.5) is 0 Å². The standard InChI is InChI=1S/C19H26ClNO4/c1-13-6-4-5-7-16(13)21-17(22)12-24-18(23)19(2,3)25-15-10-8-14(20)9-11-15/h8-11,13,16H,4-7,12H2,1-3H3,(H,21,22)/t13-,16+/m1/s1. The molecule has 5 nitrogen and oxygen atoms in total. The summed E-state index contributed by atoms with van der Waals surface area (Å²) in [5.41, 5.74) is -1.20. The Morgan fingerprint density at radius 1 is 1.20 bits per heavy atom. The lowest BCUT2D eigenvalue weighted by Crippen LogP contribution is -2.45. The monoisotopic (exact) mass is 367 g/mol. The summed E-state index contributed by atoms with van der Waals surface area (Å²) >= 11 is 5.83. The molecule has 2 rings (SSSR count). The molecule has 0 bridgehead atoms. The highest BCUT2D eigenvalue weighted by Gasteiger charge is 2.32. The van der Waals surface area contributed by atoms with Crippen molar-refractivity contribution in [2.45, 2.75) is 58.1 Å². The summed E-state index contributed by atoms with van der Waals surface area (Å²) in [5, 5.41) is 3.54. The number of rotatable bonds is 6. The number of nitrogens with one attached hydrogen (secondary N) is 1. The first-order valence-electron chi connectivity index (χ1n) is 8.69. The minimum absolute atomic E-state index is 0.165. The van der Waals surface area contributed by atoms with Gasteiger partial charge in [-0.15, -0.1) is 0 Å². The van der Waals surface area contributed by atoms with Crippen molar-refractivity contribution in [1.29, 1.82) is 0 Å². The molecular formula is C19H26ClNO4. The minimum atomic E-state index is -1.20.